The van der Waals surface area contributed by atoms with Gasteiger partial charge in [0.2, 0.25) is 15.9 Å². The van der Waals surface area contributed by atoms with Gasteiger partial charge >= 0.3 is 0 Å². The van der Waals surface area contributed by atoms with E-state index in [-0.39, 0.29) is 22.6 Å². The topological polar surface area (TPSA) is 92.5 Å². The number of nitrogens with one attached hydrogen (secondary N) is 1. The van der Waals surface area contributed by atoms with Crippen molar-refractivity contribution in [3.05, 3.63) is 18.2 Å². The van der Waals surface area contributed by atoms with Gasteiger partial charge in [-0.25, -0.2) is 13.4 Å². The van der Waals surface area contributed by atoms with E-state index in [2.05, 4.69) is 10.3 Å². The van der Waals surface area contributed by atoms with Gasteiger partial charge < -0.3 is 9.73 Å². The van der Waals surface area contributed by atoms with Crippen LogP contribution >= 0.6 is 11.8 Å². The van der Waals surface area contributed by atoms with Crippen LogP contribution in [0.4, 0.5) is 0 Å². The smallest absolute Gasteiger partial charge is 0.257 e. The molecular weight excluding hydrogens is 398 g/mol. The van der Waals surface area contributed by atoms with E-state index in [1.165, 1.54) is 47.5 Å². The van der Waals surface area contributed by atoms with Crippen molar-refractivity contribution in [1.29, 1.82) is 0 Å². The van der Waals surface area contributed by atoms with Crippen LogP contribution in [0.2, 0.25) is 0 Å². The molecule has 1 heterocycles. The molecule has 1 fully saturated rings. The Bertz CT molecular complexity index is 916. The third-order valence-electron chi connectivity index (χ3n) is 4.98. The Morgan fingerprint density at radius 2 is 1.96 bits per heavy atom. The molecule has 9 heteroatoms. The Morgan fingerprint density at radius 1 is 1.25 bits per heavy atom. The summed E-state index contributed by atoms with van der Waals surface area (Å²) in [6.07, 6.45) is 5.67. The first kappa shape index (κ1) is 21.1. The van der Waals surface area contributed by atoms with Crippen molar-refractivity contribution in [3.8, 4) is 0 Å². The summed E-state index contributed by atoms with van der Waals surface area (Å²) in [6, 6.07) is 4.95. The monoisotopic (exact) mass is 425 g/mol. The van der Waals surface area contributed by atoms with Crippen molar-refractivity contribution in [2.75, 3.05) is 18.8 Å². The van der Waals surface area contributed by atoms with Crippen LogP contribution in [0.1, 0.15) is 46.0 Å². The molecule has 0 unspecified atom stereocenters. The van der Waals surface area contributed by atoms with Crippen LogP contribution in [0.25, 0.3) is 11.1 Å². The number of fused-ring (bicyclic) bond motifs is 1. The second-order valence-corrected chi connectivity index (χ2v) is 9.75. The molecule has 1 aliphatic rings. The summed E-state index contributed by atoms with van der Waals surface area (Å²) >= 11 is 1.22. The van der Waals surface area contributed by atoms with Crippen molar-refractivity contribution in [3.63, 3.8) is 0 Å². The molecule has 0 radical (unpaired) electrons. The number of carbonyl (C=O) groups is 1. The lowest BCUT2D eigenvalue weighted by Gasteiger charge is -2.22. The van der Waals surface area contributed by atoms with Crippen molar-refractivity contribution in [2.45, 2.75) is 62.1 Å². The molecule has 1 aromatic heterocycles. The number of hydrogen-bond donors (Lipinski definition) is 1. The van der Waals surface area contributed by atoms with Gasteiger partial charge in [0.05, 0.1) is 10.6 Å². The summed E-state index contributed by atoms with van der Waals surface area (Å²) in [5.74, 6) is 0.206. The van der Waals surface area contributed by atoms with Gasteiger partial charge in [-0.3, -0.25) is 4.79 Å². The SMILES string of the molecule is CCN(CC)S(=O)(=O)c1ccc2oc(SCC(=O)NC3CCCCC3)nc2c1. The zero-order chi connectivity index (χ0) is 20.1. The number of nitrogens with zero attached hydrogens (tertiary/aromatic N) is 2. The third kappa shape index (κ3) is 4.87. The van der Waals surface area contributed by atoms with Gasteiger partial charge in [0, 0.05) is 19.1 Å². The standard InChI is InChI=1S/C19H27N3O4S2/c1-3-22(4-2)28(24,25)15-10-11-17-16(12-15)21-19(26-17)27-13-18(23)20-14-8-6-5-7-9-14/h10-12,14H,3-9,13H2,1-2H3,(H,20,23). The molecule has 3 rings (SSSR count). The van der Waals surface area contributed by atoms with Gasteiger partial charge in [0.25, 0.3) is 5.22 Å². The van der Waals surface area contributed by atoms with Gasteiger partial charge in [0.1, 0.15) is 5.52 Å². The van der Waals surface area contributed by atoms with E-state index in [0.29, 0.717) is 29.4 Å². The first-order chi connectivity index (χ1) is 13.4. The van der Waals surface area contributed by atoms with Crippen molar-refractivity contribution in [1.82, 2.24) is 14.6 Å². The minimum atomic E-state index is -3.54. The van der Waals surface area contributed by atoms with Crippen molar-refractivity contribution < 1.29 is 17.6 Å². The van der Waals surface area contributed by atoms with Gasteiger partial charge in [-0.05, 0) is 31.0 Å². The fraction of sp³-hybridized carbons (Fsp3) is 0.579. The normalized spacial score (nSPS) is 16.0. The molecule has 0 aliphatic heterocycles. The molecule has 1 N–H and O–H groups in total. The second-order valence-electron chi connectivity index (χ2n) is 6.89. The summed E-state index contributed by atoms with van der Waals surface area (Å²) in [5.41, 5.74) is 0.983. The number of rotatable bonds is 8. The molecule has 0 atom stereocenters. The number of thioether (sulfide) groups is 1. The van der Waals surface area contributed by atoms with Crippen LogP contribution < -0.4 is 5.32 Å². The molecule has 0 bridgehead atoms. The molecule has 1 aliphatic carbocycles. The van der Waals surface area contributed by atoms with Gasteiger partial charge in [0.15, 0.2) is 5.58 Å². The Balaban J connectivity index is 1.66. The quantitative estimate of drug-likeness (QED) is 0.652. The summed E-state index contributed by atoms with van der Waals surface area (Å²) < 4.78 is 32.4. The summed E-state index contributed by atoms with van der Waals surface area (Å²) in [5, 5.41) is 3.43. The molecular formula is C19H27N3O4S2. The van der Waals surface area contributed by atoms with Crippen LogP contribution in [0.3, 0.4) is 0 Å². The Morgan fingerprint density at radius 3 is 2.64 bits per heavy atom. The van der Waals surface area contributed by atoms with E-state index in [9.17, 15) is 13.2 Å². The Hall–Kier alpha value is -1.58. The Labute approximate surface area is 170 Å². The van der Waals surface area contributed by atoms with Crippen molar-refractivity contribution >= 4 is 38.8 Å². The number of amides is 1. The molecule has 0 saturated heterocycles. The number of aromatic nitrogens is 1. The molecule has 1 amide bonds. The maximum absolute atomic E-state index is 12.7. The number of carbonyl (C=O) groups excluding carboxylic acids is 1. The molecule has 154 valence electrons. The average Bonchev–Trinajstić information content (AvgIpc) is 3.10. The van der Waals surface area contributed by atoms with Crippen molar-refractivity contribution in [2.24, 2.45) is 0 Å². The lowest BCUT2D eigenvalue weighted by Crippen LogP contribution is -2.37. The van der Waals surface area contributed by atoms with Crippen LogP contribution in [-0.4, -0.2) is 48.5 Å². The molecule has 2 aromatic rings. The maximum Gasteiger partial charge on any atom is 0.257 e. The lowest BCUT2D eigenvalue weighted by molar-refractivity contribution is -0.119. The highest BCUT2D eigenvalue weighted by Gasteiger charge is 2.23. The molecule has 1 aromatic carbocycles. The largest absolute Gasteiger partial charge is 0.431 e. The van der Waals surface area contributed by atoms with Crippen LogP contribution in [0.5, 0.6) is 0 Å². The van der Waals surface area contributed by atoms with Gasteiger partial charge in [-0.15, -0.1) is 0 Å². The van der Waals surface area contributed by atoms with E-state index >= 15 is 0 Å². The summed E-state index contributed by atoms with van der Waals surface area (Å²) in [6.45, 7) is 4.44. The highest BCUT2D eigenvalue weighted by Crippen LogP contribution is 2.27. The highest BCUT2D eigenvalue weighted by molar-refractivity contribution is 7.99. The van der Waals surface area contributed by atoms with Crippen LogP contribution in [0.15, 0.2) is 32.7 Å². The predicted octanol–water partition coefficient (Wildman–Crippen LogP) is 3.40. The fourth-order valence-corrected chi connectivity index (χ4v) is 5.59. The third-order valence-corrected chi connectivity index (χ3v) is 7.85. The molecule has 28 heavy (non-hydrogen) atoms. The molecule has 1 saturated carbocycles. The zero-order valence-electron chi connectivity index (χ0n) is 16.3. The van der Waals surface area contributed by atoms with E-state index in [0.717, 1.165) is 12.8 Å². The number of sulfonamides is 1. The molecule has 7 nitrogen and oxygen atoms in total. The maximum atomic E-state index is 12.7. The van der Waals surface area contributed by atoms with E-state index < -0.39 is 10.0 Å². The lowest BCUT2D eigenvalue weighted by atomic mass is 9.95. The van der Waals surface area contributed by atoms with Crippen LogP contribution in [0, 0.1) is 0 Å². The second kappa shape index (κ2) is 9.28. The van der Waals surface area contributed by atoms with Gasteiger partial charge in [-0.2, -0.15) is 4.31 Å². The molecule has 0 spiro atoms. The minimum Gasteiger partial charge on any atom is -0.431 e. The fourth-order valence-electron chi connectivity index (χ4n) is 3.46. The number of hydrogen-bond acceptors (Lipinski definition) is 6. The minimum absolute atomic E-state index is 0.0241. The van der Waals surface area contributed by atoms with E-state index in [4.69, 9.17) is 4.42 Å². The van der Waals surface area contributed by atoms with E-state index in [1.54, 1.807) is 6.07 Å². The van der Waals surface area contributed by atoms with E-state index in [1.807, 2.05) is 13.8 Å². The Kier molecular flexibility index (Phi) is 7.00. The first-order valence-corrected chi connectivity index (χ1v) is 12.2. The predicted molar refractivity (Wildman–Crippen MR) is 110 cm³/mol. The average molecular weight is 426 g/mol. The van der Waals surface area contributed by atoms with Gasteiger partial charge in [-0.1, -0.05) is 44.9 Å². The number of oxazole rings is 1. The first-order valence-electron chi connectivity index (χ1n) is 9.77. The van der Waals surface area contributed by atoms with Crippen LogP contribution in [-0.2, 0) is 14.8 Å². The highest BCUT2D eigenvalue weighted by atomic mass is 32.2. The summed E-state index contributed by atoms with van der Waals surface area (Å²) in [7, 11) is -3.54. The zero-order valence-corrected chi connectivity index (χ0v) is 17.9. The summed E-state index contributed by atoms with van der Waals surface area (Å²) in [4.78, 5) is 16.7. The number of benzene rings is 1.